The molecule has 2 atom stereocenters. The van der Waals surface area contributed by atoms with Gasteiger partial charge in [0.25, 0.3) is 5.91 Å². The first kappa shape index (κ1) is 15.2. The van der Waals surface area contributed by atoms with Crippen LogP contribution in [0.3, 0.4) is 0 Å². The van der Waals surface area contributed by atoms with Crippen LogP contribution < -0.4 is 10.6 Å². The minimum atomic E-state index is -1.87. The van der Waals surface area contributed by atoms with Gasteiger partial charge in [0.2, 0.25) is 5.91 Å². The first-order chi connectivity index (χ1) is 15.4. The number of aromatic nitrogens is 2. The van der Waals surface area contributed by atoms with Crippen molar-refractivity contribution in [1.82, 2.24) is 20.6 Å². The number of rotatable bonds is 9. The summed E-state index contributed by atoms with van der Waals surface area (Å²) in [5, 5.41) is 24.2. The van der Waals surface area contributed by atoms with E-state index in [1.807, 2.05) is 13.8 Å². The van der Waals surface area contributed by atoms with Crippen molar-refractivity contribution in [2.24, 2.45) is 5.92 Å². The molecule has 0 radical (unpaired) electrons. The van der Waals surface area contributed by atoms with E-state index in [0.29, 0.717) is 0 Å². The van der Waals surface area contributed by atoms with Crippen LogP contribution in [-0.2, 0) is 11.2 Å². The van der Waals surface area contributed by atoms with E-state index in [4.69, 9.17) is 6.85 Å². The van der Waals surface area contributed by atoms with Crippen LogP contribution in [0.5, 0.6) is 0 Å². The number of nitrogens with one attached hydrogen (secondary N) is 2. The van der Waals surface area contributed by atoms with E-state index in [9.17, 15) is 19.6 Å². The van der Waals surface area contributed by atoms with E-state index in [1.54, 1.807) is 0 Å². The highest BCUT2D eigenvalue weighted by Gasteiger charge is 2.30. The summed E-state index contributed by atoms with van der Waals surface area (Å²) in [5.41, 5.74) is -0.275. The number of hydrogen-bond acceptors (Lipinski definition) is 6. The predicted molar refractivity (Wildman–Crippen MR) is 105 cm³/mol. The zero-order valence-electron chi connectivity index (χ0n) is 20.6. The summed E-state index contributed by atoms with van der Waals surface area (Å²) in [6, 6.07) is -4.15. The van der Waals surface area contributed by atoms with Crippen LogP contribution in [0.1, 0.15) is 43.2 Å². The smallest absolute Gasteiger partial charge is 0.426 e. The lowest BCUT2D eigenvalue weighted by Crippen LogP contribution is -2.55. The van der Waals surface area contributed by atoms with E-state index >= 15 is 0 Å². The van der Waals surface area contributed by atoms with E-state index in [0.717, 1.165) is 0 Å². The summed E-state index contributed by atoms with van der Waals surface area (Å²) in [4.78, 5) is 33.3. The van der Waals surface area contributed by atoms with Crippen molar-refractivity contribution in [3.8, 4) is 0 Å². The molecular formula is C19H25BN4O4. The molecule has 1 aromatic heterocycles. The highest BCUT2D eigenvalue weighted by molar-refractivity contribution is 6.43. The number of carbonyl (C=O) groups is 2. The SMILES string of the molecule is [2H]c1c([2H])c([2H])c(C[C@H](NC(=O)c2cnccn2)C(=O)N[C@H](CC(C)C)B(O)O)c([2H])c1[2H]. The normalized spacial score (nSPS) is 15.4. The van der Waals surface area contributed by atoms with Crippen molar-refractivity contribution in [2.45, 2.75) is 38.7 Å². The van der Waals surface area contributed by atoms with Gasteiger partial charge >= 0.3 is 7.12 Å². The van der Waals surface area contributed by atoms with Crippen molar-refractivity contribution < 1.29 is 26.5 Å². The zero-order chi connectivity index (χ0) is 24.9. The molecule has 1 aromatic carbocycles. The van der Waals surface area contributed by atoms with E-state index < -0.39 is 67.5 Å². The van der Waals surface area contributed by atoms with Gasteiger partial charge in [0.15, 0.2) is 0 Å². The molecule has 0 fully saturated rings. The molecule has 0 saturated carbocycles. The maximum Gasteiger partial charge on any atom is 0.475 e. The summed E-state index contributed by atoms with van der Waals surface area (Å²) in [6.07, 6.45) is 3.59. The maximum atomic E-state index is 13.0. The molecule has 0 aliphatic carbocycles. The lowest BCUT2D eigenvalue weighted by Gasteiger charge is -2.24. The van der Waals surface area contributed by atoms with Gasteiger partial charge in [0.1, 0.15) is 11.7 Å². The van der Waals surface area contributed by atoms with E-state index in [2.05, 4.69) is 20.6 Å². The minimum absolute atomic E-state index is 0.00534. The third kappa shape index (κ3) is 6.75. The quantitative estimate of drug-likeness (QED) is 0.459. The number of nitrogens with zero attached hydrogens (tertiary/aromatic N) is 2. The molecule has 2 rings (SSSR count). The number of carbonyl (C=O) groups excluding carboxylic acids is 2. The van der Waals surface area contributed by atoms with Gasteiger partial charge in [-0.05, 0) is 17.9 Å². The number of benzene rings is 1. The lowest BCUT2D eigenvalue weighted by atomic mass is 9.75. The average Bonchev–Trinajstić information content (AvgIpc) is 2.77. The second kappa shape index (κ2) is 10.5. The summed E-state index contributed by atoms with van der Waals surface area (Å²) in [6.45, 7) is 3.64. The molecule has 2 aromatic rings. The van der Waals surface area contributed by atoms with Crippen LogP contribution in [-0.4, -0.2) is 50.9 Å². The molecule has 9 heteroatoms. The average molecular weight is 389 g/mol. The van der Waals surface area contributed by atoms with Gasteiger partial charge in [0.05, 0.1) is 19.0 Å². The Kier molecular flexibility index (Phi) is 5.71. The molecule has 2 amide bonds. The van der Waals surface area contributed by atoms with Crippen molar-refractivity contribution >= 4 is 18.9 Å². The fourth-order valence-corrected chi connectivity index (χ4v) is 2.49. The zero-order valence-corrected chi connectivity index (χ0v) is 15.6. The first-order valence-electron chi connectivity index (χ1n) is 11.2. The summed E-state index contributed by atoms with van der Waals surface area (Å²) in [7, 11) is -1.87. The van der Waals surface area contributed by atoms with Crippen molar-refractivity contribution in [3.05, 3.63) is 60.1 Å². The predicted octanol–water partition coefficient (Wildman–Crippen LogP) is 0.361. The van der Waals surface area contributed by atoms with Gasteiger partial charge in [-0.2, -0.15) is 0 Å². The Hall–Kier alpha value is -2.78. The van der Waals surface area contributed by atoms with Gasteiger partial charge in [-0.25, -0.2) is 4.98 Å². The summed E-state index contributed by atoms with van der Waals surface area (Å²) in [5.74, 6) is -2.64. The van der Waals surface area contributed by atoms with Crippen LogP contribution >= 0.6 is 0 Å². The Labute approximate surface area is 171 Å². The molecule has 0 saturated heterocycles. The maximum absolute atomic E-state index is 13.0. The Balaban J connectivity index is 2.41. The van der Waals surface area contributed by atoms with Crippen LogP contribution in [0.4, 0.5) is 0 Å². The Morgan fingerprint density at radius 3 is 2.46 bits per heavy atom. The molecule has 0 aliphatic heterocycles. The molecule has 148 valence electrons. The lowest BCUT2D eigenvalue weighted by molar-refractivity contribution is -0.123. The molecule has 0 spiro atoms. The fraction of sp³-hybridized carbons (Fsp3) is 0.368. The first-order valence-corrected chi connectivity index (χ1v) is 8.73. The molecule has 0 bridgehead atoms. The molecule has 8 nitrogen and oxygen atoms in total. The Bertz CT molecular complexity index is 984. The van der Waals surface area contributed by atoms with Crippen LogP contribution in [0.15, 0.2) is 48.8 Å². The van der Waals surface area contributed by atoms with Crippen molar-refractivity contribution in [2.75, 3.05) is 0 Å². The molecular weight excluding hydrogens is 359 g/mol. The monoisotopic (exact) mass is 389 g/mol. The van der Waals surface area contributed by atoms with Crippen LogP contribution in [0.2, 0.25) is 0 Å². The number of hydrogen-bond donors (Lipinski definition) is 4. The standard InChI is InChI=1S/C19H25BN4O4/c1-13(2)10-17(20(27)28)24-18(25)15(11-14-6-4-3-5-7-14)23-19(26)16-12-21-8-9-22-16/h3-9,12-13,15,17,27-28H,10-11H2,1-2H3,(H,23,26)(H,24,25)/t15-,17+/m0/s1/i3D,4D,5D,6D,7D. The molecule has 0 aliphatic rings. The second-order valence-corrected chi connectivity index (χ2v) is 6.58. The summed E-state index contributed by atoms with van der Waals surface area (Å²) >= 11 is 0. The number of amides is 2. The highest BCUT2D eigenvalue weighted by Crippen LogP contribution is 2.09. The highest BCUT2D eigenvalue weighted by atomic mass is 16.4. The third-order valence-corrected chi connectivity index (χ3v) is 3.79. The van der Waals surface area contributed by atoms with Gasteiger partial charge in [-0.1, -0.05) is 44.1 Å². The van der Waals surface area contributed by atoms with Gasteiger partial charge < -0.3 is 20.7 Å². The second-order valence-electron chi connectivity index (χ2n) is 6.58. The molecule has 4 N–H and O–H groups in total. The van der Waals surface area contributed by atoms with Gasteiger partial charge in [0, 0.05) is 18.8 Å². The van der Waals surface area contributed by atoms with Gasteiger partial charge in [-0.15, -0.1) is 0 Å². The largest absolute Gasteiger partial charge is 0.475 e. The minimum Gasteiger partial charge on any atom is -0.426 e. The topological polar surface area (TPSA) is 124 Å². The molecule has 28 heavy (non-hydrogen) atoms. The van der Waals surface area contributed by atoms with Crippen molar-refractivity contribution in [3.63, 3.8) is 0 Å². The molecule has 0 unspecified atom stereocenters. The molecule has 1 heterocycles. The van der Waals surface area contributed by atoms with Crippen molar-refractivity contribution in [1.29, 1.82) is 0 Å². The van der Waals surface area contributed by atoms with Gasteiger partial charge in [-0.3, -0.25) is 14.6 Å². The third-order valence-electron chi connectivity index (χ3n) is 3.79. The van der Waals surface area contributed by atoms with Crippen LogP contribution in [0.25, 0.3) is 0 Å². The van der Waals surface area contributed by atoms with Crippen LogP contribution in [0, 0.1) is 5.92 Å². The Morgan fingerprint density at radius 2 is 1.89 bits per heavy atom. The van der Waals surface area contributed by atoms with E-state index in [1.165, 1.54) is 18.6 Å². The summed E-state index contributed by atoms with van der Waals surface area (Å²) < 4.78 is 39.6. The Morgan fingerprint density at radius 1 is 1.18 bits per heavy atom. The fourth-order valence-electron chi connectivity index (χ4n) is 2.49. The van der Waals surface area contributed by atoms with E-state index in [-0.39, 0.29) is 23.6 Å².